The summed E-state index contributed by atoms with van der Waals surface area (Å²) >= 11 is 0. The number of nitrogens with zero attached hydrogens (tertiary/aromatic N) is 3. The number of hydrogen-bond donors (Lipinski definition) is 7. The van der Waals surface area contributed by atoms with Gasteiger partial charge in [-0.2, -0.15) is 9.69 Å². The lowest BCUT2D eigenvalue weighted by Crippen LogP contribution is -2.58. The SMILES string of the molecule is NC1NC(=O)c2ncn([C@@H]3O[C@H](CO)[C@@H](O)[C@H]3O)c2N1OP(=O)(O)O. The van der Waals surface area contributed by atoms with Crippen molar-refractivity contribution in [2.45, 2.75) is 30.8 Å². The zero-order valence-corrected chi connectivity index (χ0v) is 13.3. The number of amides is 1. The Hall–Kier alpha value is -1.61. The van der Waals surface area contributed by atoms with E-state index < -0.39 is 51.2 Å². The Bertz CT molecular complexity index is 722. The summed E-state index contributed by atoms with van der Waals surface area (Å²) in [4.78, 5) is 33.8. The van der Waals surface area contributed by atoms with Crippen molar-refractivity contribution in [3.8, 4) is 0 Å². The highest BCUT2D eigenvalue weighted by atomic mass is 31.2. The fourth-order valence-corrected chi connectivity index (χ4v) is 3.03. The van der Waals surface area contributed by atoms with Crippen LogP contribution in [-0.4, -0.2) is 71.8 Å². The van der Waals surface area contributed by atoms with Crippen LogP contribution < -0.4 is 16.1 Å². The van der Waals surface area contributed by atoms with Gasteiger partial charge in [0, 0.05) is 0 Å². The molecular weight excluding hydrogens is 365 g/mol. The number of rotatable bonds is 4. The minimum absolute atomic E-state index is 0.297. The van der Waals surface area contributed by atoms with Crippen LogP contribution in [0.15, 0.2) is 6.33 Å². The molecule has 0 aliphatic carbocycles. The van der Waals surface area contributed by atoms with E-state index in [2.05, 4.69) is 14.9 Å². The van der Waals surface area contributed by atoms with Crippen LogP contribution in [0.25, 0.3) is 0 Å². The van der Waals surface area contributed by atoms with Crippen LogP contribution in [0.5, 0.6) is 0 Å². The molecular formula is C10H16N5O9P. The number of ether oxygens (including phenoxy) is 1. The Morgan fingerprint density at radius 1 is 1.40 bits per heavy atom. The van der Waals surface area contributed by atoms with Gasteiger partial charge in [0.2, 0.25) is 0 Å². The molecule has 0 radical (unpaired) electrons. The molecule has 25 heavy (non-hydrogen) atoms. The van der Waals surface area contributed by atoms with E-state index in [9.17, 15) is 19.6 Å². The zero-order chi connectivity index (χ0) is 18.5. The van der Waals surface area contributed by atoms with Crippen LogP contribution in [0.3, 0.4) is 0 Å². The number of fused-ring (bicyclic) bond motifs is 1. The zero-order valence-electron chi connectivity index (χ0n) is 12.4. The monoisotopic (exact) mass is 381 g/mol. The van der Waals surface area contributed by atoms with Crippen molar-refractivity contribution in [2.75, 3.05) is 11.7 Å². The summed E-state index contributed by atoms with van der Waals surface area (Å²) in [7, 11) is -5.06. The van der Waals surface area contributed by atoms with Crippen LogP contribution >= 0.6 is 7.82 Å². The molecule has 1 aromatic heterocycles. The summed E-state index contributed by atoms with van der Waals surface area (Å²) in [6.45, 7) is -0.589. The average Bonchev–Trinajstić information content (AvgIpc) is 3.06. The van der Waals surface area contributed by atoms with Gasteiger partial charge in [-0.25, -0.2) is 9.55 Å². The molecule has 14 nitrogen and oxygen atoms in total. The Morgan fingerprint density at radius 3 is 2.64 bits per heavy atom. The lowest BCUT2D eigenvalue weighted by Gasteiger charge is -2.34. The number of aliphatic hydroxyl groups excluding tert-OH is 3. The highest BCUT2D eigenvalue weighted by molar-refractivity contribution is 7.46. The van der Waals surface area contributed by atoms with Gasteiger partial charge in [-0.15, -0.1) is 0 Å². The molecule has 0 bridgehead atoms. The van der Waals surface area contributed by atoms with E-state index >= 15 is 0 Å². The van der Waals surface area contributed by atoms with Gasteiger partial charge in [-0.05, 0) is 0 Å². The molecule has 15 heteroatoms. The molecule has 3 heterocycles. The van der Waals surface area contributed by atoms with Crippen LogP contribution in [0, 0.1) is 0 Å². The number of nitrogens with two attached hydrogens (primary N) is 1. The molecule has 1 saturated heterocycles. The molecule has 3 rings (SSSR count). The maximum Gasteiger partial charge on any atom is 0.491 e. The molecule has 0 spiro atoms. The van der Waals surface area contributed by atoms with Crippen LogP contribution in [0.1, 0.15) is 16.7 Å². The van der Waals surface area contributed by atoms with E-state index in [4.69, 9.17) is 25.4 Å². The largest absolute Gasteiger partial charge is 0.491 e. The summed E-state index contributed by atoms with van der Waals surface area (Å²) in [6, 6.07) is 0. The number of aliphatic hydroxyl groups is 3. The van der Waals surface area contributed by atoms with Crippen molar-refractivity contribution in [1.29, 1.82) is 0 Å². The second-order valence-corrected chi connectivity index (χ2v) is 6.51. The van der Waals surface area contributed by atoms with E-state index in [-0.39, 0.29) is 11.5 Å². The van der Waals surface area contributed by atoms with Gasteiger partial charge in [0.25, 0.3) is 5.91 Å². The maximum atomic E-state index is 12.0. The van der Waals surface area contributed by atoms with Crippen LogP contribution in [0.2, 0.25) is 0 Å². The van der Waals surface area contributed by atoms with Crippen LogP contribution in [-0.2, 0) is 13.9 Å². The first-order chi connectivity index (χ1) is 11.6. The summed E-state index contributed by atoms with van der Waals surface area (Å²) < 4.78 is 22.0. The molecule has 2 aliphatic heterocycles. The maximum absolute atomic E-state index is 12.0. The van der Waals surface area contributed by atoms with Gasteiger partial charge in [0.05, 0.1) is 12.9 Å². The predicted octanol–water partition coefficient (Wildman–Crippen LogP) is -3.69. The number of imidazole rings is 1. The van der Waals surface area contributed by atoms with E-state index in [1.807, 2.05) is 0 Å². The molecule has 2 aliphatic rings. The van der Waals surface area contributed by atoms with Crippen molar-refractivity contribution in [2.24, 2.45) is 5.73 Å². The van der Waals surface area contributed by atoms with Gasteiger partial charge >= 0.3 is 7.82 Å². The van der Waals surface area contributed by atoms with Gasteiger partial charge < -0.3 is 35.2 Å². The van der Waals surface area contributed by atoms with Crippen molar-refractivity contribution in [1.82, 2.24) is 14.9 Å². The summed E-state index contributed by atoms with van der Waals surface area (Å²) in [5, 5.41) is 31.8. The van der Waals surface area contributed by atoms with Crippen molar-refractivity contribution < 1.29 is 43.8 Å². The topological polar surface area (TPSA) is 213 Å². The van der Waals surface area contributed by atoms with Crippen molar-refractivity contribution in [3.05, 3.63) is 12.0 Å². The van der Waals surface area contributed by atoms with Gasteiger partial charge in [0.15, 0.2) is 24.0 Å². The predicted molar refractivity (Wildman–Crippen MR) is 76.3 cm³/mol. The number of hydroxylamine groups is 1. The number of phosphoric acid groups is 1. The standard InChI is InChI=1S/C10H16N5O9P/c11-10-13-7(19)4-8(15(10)24-25(20,21)22)14(2-12-4)9-6(18)5(17)3(1-16)23-9/h2-3,5-6,9-10,16-18H,1,11H2,(H,13,19)(H2,20,21,22)/t3-,5-,6-,9-,10?/m1/s1. The molecule has 8 N–H and O–H groups in total. The third-order valence-electron chi connectivity index (χ3n) is 3.71. The first-order valence-electron chi connectivity index (χ1n) is 6.94. The van der Waals surface area contributed by atoms with Gasteiger partial charge in [0.1, 0.15) is 18.3 Å². The number of anilines is 1. The van der Waals surface area contributed by atoms with Crippen molar-refractivity contribution >= 4 is 19.5 Å². The van der Waals surface area contributed by atoms with E-state index in [1.165, 1.54) is 0 Å². The van der Waals surface area contributed by atoms with E-state index in [0.29, 0.717) is 5.06 Å². The molecule has 1 unspecified atom stereocenters. The first kappa shape index (κ1) is 18.2. The van der Waals surface area contributed by atoms with Gasteiger partial charge in [-0.1, -0.05) is 0 Å². The fraction of sp³-hybridized carbons (Fsp3) is 0.600. The first-order valence-corrected chi connectivity index (χ1v) is 8.47. The van der Waals surface area contributed by atoms with E-state index in [1.54, 1.807) is 0 Å². The molecule has 5 atom stereocenters. The third-order valence-corrected chi connectivity index (χ3v) is 4.10. The quantitative estimate of drug-likeness (QED) is 0.251. The summed E-state index contributed by atoms with van der Waals surface area (Å²) in [6.07, 6.45) is -5.81. The number of carbonyl (C=O) groups is 1. The van der Waals surface area contributed by atoms with Gasteiger partial charge in [-0.3, -0.25) is 15.1 Å². The minimum Gasteiger partial charge on any atom is -0.394 e. The molecule has 1 aromatic rings. The number of carbonyl (C=O) groups excluding carboxylic acids is 1. The van der Waals surface area contributed by atoms with E-state index in [0.717, 1.165) is 10.9 Å². The molecule has 0 saturated carbocycles. The fourth-order valence-electron chi connectivity index (χ4n) is 2.63. The Labute approximate surface area is 139 Å². The number of aromatic nitrogens is 2. The molecule has 1 fully saturated rings. The number of hydrogen-bond acceptors (Lipinski definition) is 10. The number of nitrogens with one attached hydrogen (secondary N) is 1. The smallest absolute Gasteiger partial charge is 0.394 e. The van der Waals surface area contributed by atoms with Crippen molar-refractivity contribution in [3.63, 3.8) is 0 Å². The second-order valence-electron chi connectivity index (χ2n) is 5.37. The Balaban J connectivity index is 2.04. The highest BCUT2D eigenvalue weighted by Crippen LogP contribution is 2.42. The summed E-state index contributed by atoms with van der Waals surface area (Å²) in [5.41, 5.74) is 5.33. The molecule has 1 amide bonds. The van der Waals surface area contributed by atoms with Crippen LogP contribution in [0.4, 0.5) is 5.82 Å². The highest BCUT2D eigenvalue weighted by Gasteiger charge is 2.47. The summed E-state index contributed by atoms with van der Waals surface area (Å²) in [5.74, 6) is -1.05. The average molecular weight is 381 g/mol. The Morgan fingerprint density at radius 2 is 2.08 bits per heavy atom. The Kier molecular flexibility index (Phi) is 4.57. The lowest BCUT2D eigenvalue weighted by atomic mass is 10.1. The lowest BCUT2D eigenvalue weighted by molar-refractivity contribution is -0.0532. The molecule has 140 valence electrons. The normalized spacial score (nSPS) is 32.6. The third kappa shape index (κ3) is 3.15. The molecule has 0 aromatic carbocycles. The second kappa shape index (κ2) is 6.28. The minimum atomic E-state index is -5.06.